The van der Waals surface area contributed by atoms with Gasteiger partial charge in [-0.1, -0.05) is 36.4 Å². The molecule has 0 radical (unpaired) electrons. The SMILES string of the molecule is CN(Cc1ccc2ccccc2c1)C1CNC(C)(C)C1. The maximum atomic E-state index is 3.60. The summed E-state index contributed by atoms with van der Waals surface area (Å²) in [7, 11) is 2.24. The van der Waals surface area contributed by atoms with Crippen molar-refractivity contribution < 1.29 is 0 Å². The second-order valence-corrected chi connectivity index (χ2v) is 6.72. The van der Waals surface area contributed by atoms with E-state index < -0.39 is 0 Å². The highest BCUT2D eigenvalue weighted by Gasteiger charge is 2.32. The molecule has 106 valence electrons. The lowest BCUT2D eigenvalue weighted by Crippen LogP contribution is -2.32. The van der Waals surface area contributed by atoms with Crippen LogP contribution in [0.2, 0.25) is 0 Å². The molecule has 0 aliphatic carbocycles. The Morgan fingerprint density at radius 2 is 1.90 bits per heavy atom. The van der Waals surface area contributed by atoms with Gasteiger partial charge in [0.1, 0.15) is 0 Å². The number of likely N-dealkylation sites (N-methyl/N-ethyl adjacent to an activating group) is 1. The molecule has 3 rings (SSSR count). The van der Waals surface area contributed by atoms with Crippen molar-refractivity contribution >= 4 is 10.8 Å². The number of hydrogen-bond acceptors (Lipinski definition) is 2. The van der Waals surface area contributed by atoms with Gasteiger partial charge in [-0.3, -0.25) is 4.90 Å². The molecular formula is C18H24N2. The highest BCUT2D eigenvalue weighted by molar-refractivity contribution is 5.82. The number of benzene rings is 2. The van der Waals surface area contributed by atoms with E-state index in [9.17, 15) is 0 Å². The average Bonchev–Trinajstić information content (AvgIpc) is 2.79. The van der Waals surface area contributed by atoms with Gasteiger partial charge < -0.3 is 5.32 Å². The third-order valence-corrected chi connectivity index (χ3v) is 4.43. The minimum absolute atomic E-state index is 0.280. The molecule has 0 spiro atoms. The Bertz CT molecular complexity index is 603. The molecule has 0 aromatic heterocycles. The first kappa shape index (κ1) is 13.6. The lowest BCUT2D eigenvalue weighted by atomic mass is 10.0. The van der Waals surface area contributed by atoms with Crippen molar-refractivity contribution in [2.45, 2.75) is 38.4 Å². The van der Waals surface area contributed by atoms with Crippen LogP contribution in [0.25, 0.3) is 10.8 Å². The van der Waals surface area contributed by atoms with Gasteiger partial charge in [0.05, 0.1) is 0 Å². The first-order valence-electron chi connectivity index (χ1n) is 7.46. The molecule has 1 saturated heterocycles. The molecule has 0 saturated carbocycles. The van der Waals surface area contributed by atoms with Gasteiger partial charge in [0.2, 0.25) is 0 Å². The van der Waals surface area contributed by atoms with E-state index in [1.165, 1.54) is 22.8 Å². The highest BCUT2D eigenvalue weighted by atomic mass is 15.2. The van der Waals surface area contributed by atoms with E-state index in [2.05, 4.69) is 73.6 Å². The molecule has 1 aliphatic rings. The molecule has 1 atom stereocenters. The average molecular weight is 268 g/mol. The summed E-state index contributed by atoms with van der Waals surface area (Å²) < 4.78 is 0. The quantitative estimate of drug-likeness (QED) is 0.917. The van der Waals surface area contributed by atoms with Crippen LogP contribution in [0, 0.1) is 0 Å². The highest BCUT2D eigenvalue weighted by Crippen LogP contribution is 2.23. The normalized spacial score (nSPS) is 21.7. The first-order chi connectivity index (χ1) is 9.53. The van der Waals surface area contributed by atoms with Crippen molar-refractivity contribution in [3.63, 3.8) is 0 Å². The van der Waals surface area contributed by atoms with Crippen LogP contribution in [-0.4, -0.2) is 30.1 Å². The Labute approximate surface area is 121 Å². The molecule has 1 heterocycles. The zero-order valence-corrected chi connectivity index (χ0v) is 12.7. The molecule has 2 aromatic rings. The van der Waals surface area contributed by atoms with E-state index in [1.54, 1.807) is 0 Å². The van der Waals surface area contributed by atoms with Gasteiger partial charge in [-0.25, -0.2) is 0 Å². The molecule has 20 heavy (non-hydrogen) atoms. The fourth-order valence-electron chi connectivity index (χ4n) is 3.19. The zero-order valence-electron chi connectivity index (χ0n) is 12.7. The minimum Gasteiger partial charge on any atom is -0.310 e. The maximum Gasteiger partial charge on any atom is 0.0238 e. The standard InChI is InChI=1S/C18H24N2/c1-18(2)11-17(12-19-18)20(3)13-14-8-9-15-6-4-5-7-16(15)10-14/h4-10,17,19H,11-13H2,1-3H3. The van der Waals surface area contributed by atoms with Crippen molar-refractivity contribution in [3.8, 4) is 0 Å². The third kappa shape index (κ3) is 2.87. The van der Waals surface area contributed by atoms with Crippen LogP contribution in [0.15, 0.2) is 42.5 Å². The maximum absolute atomic E-state index is 3.60. The Hall–Kier alpha value is -1.38. The van der Waals surface area contributed by atoms with Crippen molar-refractivity contribution in [2.75, 3.05) is 13.6 Å². The molecule has 1 N–H and O–H groups in total. The lowest BCUT2D eigenvalue weighted by Gasteiger charge is -2.25. The van der Waals surface area contributed by atoms with Crippen LogP contribution in [0.5, 0.6) is 0 Å². The number of hydrogen-bond donors (Lipinski definition) is 1. The van der Waals surface area contributed by atoms with Crippen LogP contribution in [0.1, 0.15) is 25.8 Å². The summed E-state index contributed by atoms with van der Waals surface area (Å²) in [5.74, 6) is 0. The summed E-state index contributed by atoms with van der Waals surface area (Å²) in [6.45, 7) is 6.69. The first-order valence-corrected chi connectivity index (χ1v) is 7.46. The van der Waals surface area contributed by atoms with E-state index in [-0.39, 0.29) is 5.54 Å². The second-order valence-electron chi connectivity index (χ2n) is 6.72. The van der Waals surface area contributed by atoms with Crippen molar-refractivity contribution in [3.05, 3.63) is 48.0 Å². The third-order valence-electron chi connectivity index (χ3n) is 4.43. The summed E-state index contributed by atoms with van der Waals surface area (Å²) in [5, 5.41) is 6.26. The number of rotatable bonds is 3. The molecule has 1 fully saturated rings. The largest absolute Gasteiger partial charge is 0.310 e. The molecule has 1 unspecified atom stereocenters. The fraction of sp³-hybridized carbons (Fsp3) is 0.444. The van der Waals surface area contributed by atoms with Crippen molar-refractivity contribution in [2.24, 2.45) is 0 Å². The second kappa shape index (κ2) is 5.19. The molecule has 0 bridgehead atoms. The molecule has 2 heteroatoms. The Morgan fingerprint density at radius 3 is 2.60 bits per heavy atom. The topological polar surface area (TPSA) is 15.3 Å². The van der Waals surface area contributed by atoms with Crippen LogP contribution in [-0.2, 0) is 6.54 Å². The smallest absolute Gasteiger partial charge is 0.0238 e. The predicted octanol–water partition coefficient (Wildman–Crippen LogP) is 3.41. The van der Waals surface area contributed by atoms with Gasteiger partial charge in [0, 0.05) is 24.7 Å². The number of fused-ring (bicyclic) bond motifs is 1. The summed E-state index contributed by atoms with van der Waals surface area (Å²) >= 11 is 0. The van der Waals surface area contributed by atoms with Crippen LogP contribution in [0.4, 0.5) is 0 Å². The summed E-state index contributed by atoms with van der Waals surface area (Å²) in [6.07, 6.45) is 1.22. The van der Waals surface area contributed by atoms with Gasteiger partial charge in [-0.05, 0) is 49.7 Å². The Morgan fingerprint density at radius 1 is 1.15 bits per heavy atom. The van der Waals surface area contributed by atoms with Gasteiger partial charge in [-0.2, -0.15) is 0 Å². The van der Waals surface area contributed by atoms with E-state index in [1.807, 2.05) is 0 Å². The molecule has 2 nitrogen and oxygen atoms in total. The monoisotopic (exact) mass is 268 g/mol. The molecule has 1 aliphatic heterocycles. The van der Waals surface area contributed by atoms with E-state index >= 15 is 0 Å². The minimum atomic E-state index is 0.280. The predicted molar refractivity (Wildman–Crippen MR) is 85.9 cm³/mol. The Kier molecular flexibility index (Phi) is 3.53. The van der Waals surface area contributed by atoms with E-state index in [4.69, 9.17) is 0 Å². The van der Waals surface area contributed by atoms with Crippen molar-refractivity contribution in [1.82, 2.24) is 10.2 Å². The van der Waals surface area contributed by atoms with Crippen LogP contribution in [0.3, 0.4) is 0 Å². The van der Waals surface area contributed by atoms with E-state index in [0.29, 0.717) is 6.04 Å². The zero-order chi connectivity index (χ0) is 14.2. The van der Waals surface area contributed by atoms with Crippen LogP contribution < -0.4 is 5.32 Å². The van der Waals surface area contributed by atoms with Gasteiger partial charge in [-0.15, -0.1) is 0 Å². The lowest BCUT2D eigenvalue weighted by molar-refractivity contribution is 0.240. The summed E-state index contributed by atoms with van der Waals surface area (Å²) in [4.78, 5) is 2.48. The van der Waals surface area contributed by atoms with Gasteiger partial charge >= 0.3 is 0 Å². The molecule has 0 amide bonds. The van der Waals surface area contributed by atoms with Gasteiger partial charge in [0.15, 0.2) is 0 Å². The summed E-state index contributed by atoms with van der Waals surface area (Å²) in [6, 6.07) is 16.0. The van der Waals surface area contributed by atoms with Crippen molar-refractivity contribution in [1.29, 1.82) is 0 Å². The summed E-state index contributed by atoms with van der Waals surface area (Å²) in [5.41, 5.74) is 1.68. The molecular weight excluding hydrogens is 244 g/mol. The number of nitrogens with zero attached hydrogens (tertiary/aromatic N) is 1. The van der Waals surface area contributed by atoms with Crippen LogP contribution >= 0.6 is 0 Å². The van der Waals surface area contributed by atoms with Gasteiger partial charge in [0.25, 0.3) is 0 Å². The molecule has 2 aromatic carbocycles. The Balaban J connectivity index is 1.73. The fourth-order valence-corrected chi connectivity index (χ4v) is 3.19. The number of nitrogens with one attached hydrogen (secondary N) is 1. The van der Waals surface area contributed by atoms with E-state index in [0.717, 1.165) is 13.1 Å².